The Morgan fingerprint density at radius 3 is 2.76 bits per heavy atom. The van der Waals surface area contributed by atoms with Crippen molar-refractivity contribution in [1.82, 2.24) is 5.32 Å². The summed E-state index contributed by atoms with van der Waals surface area (Å²) < 4.78 is 9.89. The Morgan fingerprint density at radius 1 is 1.47 bits per heavy atom. The Hall–Kier alpha value is -1.53. The molecule has 2 rings (SSSR count). The van der Waals surface area contributed by atoms with Crippen molar-refractivity contribution in [3.8, 4) is 11.5 Å². The Balaban J connectivity index is 2.31. The molecule has 0 saturated carbocycles. The zero-order valence-electron chi connectivity index (χ0n) is 9.56. The Morgan fingerprint density at radius 2 is 2.12 bits per heavy atom. The van der Waals surface area contributed by atoms with E-state index >= 15 is 0 Å². The molecule has 0 bridgehead atoms. The minimum absolute atomic E-state index is 0.271. The monoisotopic (exact) mass is 233 g/mol. The van der Waals surface area contributed by atoms with Gasteiger partial charge >= 0.3 is 6.48 Å². The second kappa shape index (κ2) is 4.05. The largest absolute Gasteiger partial charge is 0.428 e. The van der Waals surface area contributed by atoms with Crippen LogP contribution in [0.3, 0.4) is 0 Å². The van der Waals surface area contributed by atoms with Crippen LogP contribution in [-0.4, -0.2) is 37.7 Å². The highest BCUT2D eigenvalue weighted by Crippen LogP contribution is 2.35. The van der Waals surface area contributed by atoms with Crippen LogP contribution in [0.5, 0.6) is 11.5 Å². The normalized spacial score (nSPS) is 21.0. The molecule has 0 fully saturated rings. The average Bonchev–Trinajstić information content (AvgIpc) is 2.66. The molecule has 88 valence electrons. The van der Waals surface area contributed by atoms with Crippen molar-refractivity contribution in [1.29, 1.82) is 0 Å². The van der Waals surface area contributed by atoms with Crippen molar-refractivity contribution in [2.75, 3.05) is 7.05 Å². The Bertz CT molecular complexity index is 461. The van der Waals surface area contributed by atoms with Gasteiger partial charge in [0.15, 0.2) is 17.3 Å². The number of hydrogen-bond donors (Lipinski definition) is 2. The summed E-state index contributed by atoms with van der Waals surface area (Å²) in [6.07, 6.45) is 0. The standard InChI is InChI=1S/C11H12BNO4/c1-11(12,13-2)9(14)6-3-4-7-8(5-6)17-10(15)16-7/h3-5,10,13,15H,1-2H3/t10?,11-/m0/s1. The summed E-state index contributed by atoms with van der Waals surface area (Å²) in [4.78, 5) is 12.0. The maximum Gasteiger partial charge on any atom is 0.358 e. The van der Waals surface area contributed by atoms with Crippen LogP contribution < -0.4 is 14.8 Å². The number of aliphatic hydroxyl groups excluding tert-OH is 1. The Kier molecular flexibility index (Phi) is 2.85. The van der Waals surface area contributed by atoms with E-state index in [0.717, 1.165) is 0 Å². The zero-order valence-corrected chi connectivity index (χ0v) is 9.56. The van der Waals surface area contributed by atoms with Crippen molar-refractivity contribution in [3.63, 3.8) is 0 Å². The van der Waals surface area contributed by atoms with E-state index in [4.69, 9.17) is 22.4 Å². The number of ether oxygens (including phenoxy) is 2. The van der Waals surface area contributed by atoms with Gasteiger partial charge in [0.05, 0.1) is 0 Å². The zero-order chi connectivity index (χ0) is 12.6. The molecule has 17 heavy (non-hydrogen) atoms. The minimum atomic E-state index is -1.32. The summed E-state index contributed by atoms with van der Waals surface area (Å²) in [5.41, 5.74) is -0.757. The first kappa shape index (κ1) is 11.9. The van der Waals surface area contributed by atoms with Gasteiger partial charge < -0.3 is 19.9 Å². The molecule has 1 unspecified atom stereocenters. The smallest absolute Gasteiger partial charge is 0.358 e. The molecule has 1 aliphatic heterocycles. The lowest BCUT2D eigenvalue weighted by Gasteiger charge is -2.22. The predicted octanol–water partition coefficient (Wildman–Crippen LogP) is 0.0205. The van der Waals surface area contributed by atoms with Crippen molar-refractivity contribution < 1.29 is 19.4 Å². The van der Waals surface area contributed by atoms with E-state index in [0.29, 0.717) is 17.1 Å². The summed E-state index contributed by atoms with van der Waals surface area (Å²) in [6, 6.07) is 4.63. The number of carbonyl (C=O) groups excluding carboxylic acids is 1. The number of hydrogen-bond acceptors (Lipinski definition) is 5. The maximum absolute atomic E-state index is 12.0. The molecule has 0 saturated heterocycles. The number of fused-ring (bicyclic) bond motifs is 1. The van der Waals surface area contributed by atoms with Gasteiger partial charge in [0, 0.05) is 11.0 Å². The van der Waals surface area contributed by atoms with Crippen LogP contribution in [0.15, 0.2) is 18.2 Å². The van der Waals surface area contributed by atoms with Crippen LogP contribution in [0.25, 0.3) is 0 Å². The van der Waals surface area contributed by atoms with Gasteiger partial charge in [-0.25, -0.2) is 0 Å². The van der Waals surface area contributed by atoms with E-state index < -0.39 is 11.9 Å². The molecule has 2 radical (unpaired) electrons. The summed E-state index contributed by atoms with van der Waals surface area (Å²) in [5, 5.41) is 11.8. The predicted molar refractivity (Wildman–Crippen MR) is 61.3 cm³/mol. The van der Waals surface area contributed by atoms with E-state index in [-0.39, 0.29) is 5.78 Å². The van der Waals surface area contributed by atoms with Crippen molar-refractivity contribution in [3.05, 3.63) is 23.8 Å². The lowest BCUT2D eigenvalue weighted by molar-refractivity contribution is -0.133. The van der Waals surface area contributed by atoms with E-state index in [1.807, 2.05) is 0 Å². The SMILES string of the molecule is [B][C@@](C)(NC)C(=O)c1ccc2c(c1)OC(O)O2. The average molecular weight is 233 g/mol. The highest BCUT2D eigenvalue weighted by molar-refractivity contribution is 6.32. The number of benzene rings is 1. The molecule has 5 nitrogen and oxygen atoms in total. The van der Waals surface area contributed by atoms with Crippen LogP contribution in [0, 0.1) is 0 Å². The molecule has 2 atom stereocenters. The van der Waals surface area contributed by atoms with Gasteiger partial charge in [-0.2, -0.15) is 0 Å². The van der Waals surface area contributed by atoms with Crippen LogP contribution in [0.1, 0.15) is 17.3 Å². The number of carbonyl (C=O) groups is 1. The molecular weight excluding hydrogens is 221 g/mol. The van der Waals surface area contributed by atoms with Crippen LogP contribution in [0.4, 0.5) is 0 Å². The van der Waals surface area contributed by atoms with Crippen LogP contribution in [0.2, 0.25) is 0 Å². The highest BCUT2D eigenvalue weighted by Gasteiger charge is 2.28. The third kappa shape index (κ3) is 2.14. The molecule has 6 heteroatoms. The van der Waals surface area contributed by atoms with E-state index in [1.54, 1.807) is 26.1 Å². The fraction of sp³-hybridized carbons (Fsp3) is 0.364. The summed E-state index contributed by atoms with van der Waals surface area (Å²) in [6.45, 7) is 0.262. The summed E-state index contributed by atoms with van der Waals surface area (Å²) in [5.74, 6) is 0.459. The maximum atomic E-state index is 12.0. The fourth-order valence-corrected chi connectivity index (χ4v) is 1.49. The van der Waals surface area contributed by atoms with E-state index in [2.05, 4.69) is 5.32 Å². The quantitative estimate of drug-likeness (QED) is 0.569. The molecule has 2 N–H and O–H groups in total. The lowest BCUT2D eigenvalue weighted by atomic mass is 9.74. The van der Waals surface area contributed by atoms with Crippen molar-refractivity contribution in [2.24, 2.45) is 0 Å². The molecule has 1 aromatic rings. The fourth-order valence-electron chi connectivity index (χ4n) is 1.49. The van der Waals surface area contributed by atoms with E-state index in [9.17, 15) is 4.79 Å². The molecule has 1 heterocycles. The first-order valence-electron chi connectivity index (χ1n) is 5.12. The summed E-state index contributed by atoms with van der Waals surface area (Å²) >= 11 is 0. The number of rotatable bonds is 3. The molecule has 0 aromatic heterocycles. The highest BCUT2D eigenvalue weighted by atomic mass is 16.8. The topological polar surface area (TPSA) is 67.8 Å². The number of Topliss-reactive ketones (excluding diaryl/α,β-unsaturated/α-hetero) is 1. The molecule has 0 spiro atoms. The second-order valence-electron chi connectivity index (χ2n) is 3.99. The van der Waals surface area contributed by atoms with Gasteiger partial charge in [0.25, 0.3) is 0 Å². The van der Waals surface area contributed by atoms with Gasteiger partial charge in [0.1, 0.15) is 7.85 Å². The van der Waals surface area contributed by atoms with E-state index in [1.165, 1.54) is 6.07 Å². The van der Waals surface area contributed by atoms with Crippen LogP contribution >= 0.6 is 0 Å². The minimum Gasteiger partial charge on any atom is -0.428 e. The molecule has 0 amide bonds. The van der Waals surface area contributed by atoms with Gasteiger partial charge in [-0.1, -0.05) is 0 Å². The second-order valence-corrected chi connectivity index (χ2v) is 3.99. The molecular formula is C11H12BNO4. The van der Waals surface area contributed by atoms with Crippen LogP contribution in [-0.2, 0) is 0 Å². The van der Waals surface area contributed by atoms with Gasteiger partial charge in [-0.05, 0) is 32.2 Å². The number of aliphatic hydroxyl groups is 1. The third-order valence-electron chi connectivity index (χ3n) is 2.65. The molecule has 1 aromatic carbocycles. The van der Waals surface area contributed by atoms with Crippen molar-refractivity contribution >= 4 is 13.6 Å². The Labute approximate surface area is 100 Å². The van der Waals surface area contributed by atoms with Crippen molar-refractivity contribution in [2.45, 2.75) is 18.8 Å². The number of ketones is 1. The first-order valence-corrected chi connectivity index (χ1v) is 5.12. The molecule has 0 aliphatic carbocycles. The van der Waals surface area contributed by atoms with Gasteiger partial charge in [0.2, 0.25) is 0 Å². The lowest BCUT2D eigenvalue weighted by Crippen LogP contribution is -2.48. The van der Waals surface area contributed by atoms with Gasteiger partial charge in [-0.3, -0.25) is 4.79 Å². The number of nitrogens with one attached hydrogen (secondary N) is 1. The third-order valence-corrected chi connectivity index (χ3v) is 2.65. The molecule has 1 aliphatic rings. The number of likely N-dealkylation sites (N-methyl/N-ethyl adjacent to an activating group) is 1. The summed E-state index contributed by atoms with van der Waals surface area (Å²) in [7, 11) is 7.39. The van der Waals surface area contributed by atoms with Gasteiger partial charge in [-0.15, -0.1) is 0 Å². The first-order chi connectivity index (χ1) is 7.94.